The normalized spacial score (nSPS) is 12.2. The number of rotatable bonds is 4. The number of aromatic nitrogens is 3. The van der Waals surface area contributed by atoms with E-state index in [1.807, 2.05) is 13.8 Å². The summed E-state index contributed by atoms with van der Waals surface area (Å²) in [5.74, 6) is 0.784. The quantitative estimate of drug-likeness (QED) is 0.723. The first-order valence-electron chi connectivity index (χ1n) is 8.86. The standard InChI is InChI=1S/C20H20N4O4/c1-11-6-7-24(14-4-5-16-17(8-14)28-10-27-16)20(26)18(11)19(25)21-9-15-12(2)22-23-13(15)3/h4-8H,9-10H2,1-3H3,(H,21,25)(H,22,23). The molecular weight excluding hydrogens is 360 g/mol. The van der Waals surface area contributed by atoms with E-state index in [-0.39, 0.29) is 12.4 Å². The van der Waals surface area contributed by atoms with E-state index in [1.165, 1.54) is 4.57 Å². The summed E-state index contributed by atoms with van der Waals surface area (Å²) in [6, 6.07) is 6.96. The van der Waals surface area contributed by atoms with Crippen LogP contribution in [0.15, 0.2) is 35.3 Å². The Hall–Kier alpha value is -3.55. The number of amides is 1. The first-order valence-corrected chi connectivity index (χ1v) is 8.86. The summed E-state index contributed by atoms with van der Waals surface area (Å²) in [4.78, 5) is 25.8. The van der Waals surface area contributed by atoms with E-state index in [9.17, 15) is 9.59 Å². The third-order valence-electron chi connectivity index (χ3n) is 4.87. The lowest BCUT2D eigenvalue weighted by Crippen LogP contribution is -2.33. The van der Waals surface area contributed by atoms with E-state index >= 15 is 0 Å². The molecule has 0 saturated carbocycles. The summed E-state index contributed by atoms with van der Waals surface area (Å²) in [5, 5.41) is 9.83. The Balaban J connectivity index is 1.65. The largest absolute Gasteiger partial charge is 0.454 e. The van der Waals surface area contributed by atoms with Crippen molar-refractivity contribution >= 4 is 5.91 Å². The van der Waals surface area contributed by atoms with Gasteiger partial charge in [-0.15, -0.1) is 0 Å². The highest BCUT2D eigenvalue weighted by Gasteiger charge is 2.19. The van der Waals surface area contributed by atoms with Gasteiger partial charge in [0.25, 0.3) is 11.5 Å². The van der Waals surface area contributed by atoms with Gasteiger partial charge in [0, 0.05) is 30.1 Å². The zero-order chi connectivity index (χ0) is 19.8. The Morgan fingerprint density at radius 1 is 1.21 bits per heavy atom. The van der Waals surface area contributed by atoms with E-state index in [2.05, 4.69) is 15.5 Å². The maximum Gasteiger partial charge on any atom is 0.268 e. The first-order chi connectivity index (χ1) is 13.5. The summed E-state index contributed by atoms with van der Waals surface area (Å²) in [5.41, 5.74) is 3.56. The summed E-state index contributed by atoms with van der Waals surface area (Å²) >= 11 is 0. The van der Waals surface area contributed by atoms with E-state index in [4.69, 9.17) is 9.47 Å². The number of aromatic amines is 1. The average Bonchev–Trinajstić information content (AvgIpc) is 3.26. The van der Waals surface area contributed by atoms with Crippen LogP contribution >= 0.6 is 0 Å². The van der Waals surface area contributed by atoms with Gasteiger partial charge in [-0.3, -0.25) is 19.3 Å². The number of ether oxygens (including phenoxy) is 2. The Morgan fingerprint density at radius 3 is 2.75 bits per heavy atom. The van der Waals surface area contributed by atoms with Gasteiger partial charge in [0.1, 0.15) is 5.56 Å². The first kappa shape index (κ1) is 17.8. The molecule has 0 atom stereocenters. The highest BCUT2D eigenvalue weighted by Crippen LogP contribution is 2.33. The van der Waals surface area contributed by atoms with Gasteiger partial charge in [-0.05, 0) is 44.5 Å². The van der Waals surface area contributed by atoms with Crippen molar-refractivity contribution in [2.75, 3.05) is 6.79 Å². The molecular formula is C20H20N4O4. The number of nitrogens with zero attached hydrogens (tertiary/aromatic N) is 2. The molecule has 28 heavy (non-hydrogen) atoms. The maximum absolute atomic E-state index is 13.0. The van der Waals surface area contributed by atoms with E-state index in [1.54, 1.807) is 37.4 Å². The van der Waals surface area contributed by atoms with Crippen molar-refractivity contribution in [3.8, 4) is 17.2 Å². The molecule has 8 heteroatoms. The van der Waals surface area contributed by atoms with Crippen LogP contribution in [0.25, 0.3) is 5.69 Å². The van der Waals surface area contributed by atoms with Gasteiger partial charge < -0.3 is 14.8 Å². The van der Waals surface area contributed by atoms with Gasteiger partial charge in [0.2, 0.25) is 6.79 Å². The van der Waals surface area contributed by atoms with Crippen LogP contribution in [0.4, 0.5) is 0 Å². The van der Waals surface area contributed by atoms with Gasteiger partial charge in [0.15, 0.2) is 11.5 Å². The fraction of sp³-hybridized carbons (Fsp3) is 0.250. The highest BCUT2D eigenvalue weighted by molar-refractivity contribution is 5.95. The molecule has 0 fully saturated rings. The van der Waals surface area contributed by atoms with Crippen LogP contribution in [-0.4, -0.2) is 27.5 Å². The molecule has 2 N–H and O–H groups in total. The van der Waals surface area contributed by atoms with Crippen LogP contribution < -0.4 is 20.3 Å². The number of pyridine rings is 1. The van der Waals surface area contributed by atoms with Crippen molar-refractivity contribution in [3.63, 3.8) is 0 Å². The topological polar surface area (TPSA) is 98.2 Å². The molecule has 4 rings (SSSR count). The van der Waals surface area contributed by atoms with Crippen LogP contribution in [0, 0.1) is 20.8 Å². The second kappa shape index (κ2) is 6.88. The molecule has 1 aliphatic heterocycles. The molecule has 1 amide bonds. The molecule has 0 aliphatic carbocycles. The molecule has 0 saturated heterocycles. The Labute approximate surface area is 161 Å². The smallest absolute Gasteiger partial charge is 0.268 e. The summed E-state index contributed by atoms with van der Waals surface area (Å²) in [6.07, 6.45) is 1.65. The van der Waals surface area contributed by atoms with Crippen molar-refractivity contribution in [2.45, 2.75) is 27.3 Å². The zero-order valence-corrected chi connectivity index (χ0v) is 15.8. The van der Waals surface area contributed by atoms with Crippen LogP contribution in [0.5, 0.6) is 11.5 Å². The van der Waals surface area contributed by atoms with Gasteiger partial charge in [0.05, 0.1) is 11.4 Å². The molecule has 0 bridgehead atoms. The van der Waals surface area contributed by atoms with Crippen molar-refractivity contribution in [1.29, 1.82) is 0 Å². The molecule has 3 heterocycles. The third kappa shape index (κ3) is 3.02. The van der Waals surface area contributed by atoms with E-state index in [0.717, 1.165) is 17.0 Å². The number of hydrogen-bond acceptors (Lipinski definition) is 5. The molecule has 1 aromatic carbocycles. The second-order valence-electron chi connectivity index (χ2n) is 6.68. The number of nitrogens with one attached hydrogen (secondary N) is 2. The number of aryl methyl sites for hydroxylation is 3. The molecule has 8 nitrogen and oxygen atoms in total. The van der Waals surface area contributed by atoms with Crippen molar-refractivity contribution in [2.24, 2.45) is 0 Å². The summed E-state index contributed by atoms with van der Waals surface area (Å²) in [6.45, 7) is 5.95. The predicted molar refractivity (Wildman–Crippen MR) is 102 cm³/mol. The van der Waals surface area contributed by atoms with Gasteiger partial charge in [-0.2, -0.15) is 5.10 Å². The number of carbonyl (C=O) groups is 1. The third-order valence-corrected chi connectivity index (χ3v) is 4.87. The van der Waals surface area contributed by atoms with Crippen LogP contribution in [0.3, 0.4) is 0 Å². The lowest BCUT2D eigenvalue weighted by Gasteiger charge is -2.12. The minimum absolute atomic E-state index is 0.110. The van der Waals surface area contributed by atoms with Gasteiger partial charge in [-0.1, -0.05) is 0 Å². The fourth-order valence-electron chi connectivity index (χ4n) is 3.23. The zero-order valence-electron chi connectivity index (χ0n) is 15.8. The monoisotopic (exact) mass is 380 g/mol. The SMILES string of the molecule is Cc1ccn(-c2ccc3c(c2)OCO3)c(=O)c1C(=O)NCc1c(C)n[nH]c1C. The number of H-pyrrole nitrogens is 1. The van der Waals surface area contributed by atoms with Crippen molar-refractivity contribution in [1.82, 2.24) is 20.1 Å². The number of benzene rings is 1. The molecule has 2 aromatic heterocycles. The fourth-order valence-corrected chi connectivity index (χ4v) is 3.23. The van der Waals surface area contributed by atoms with Gasteiger partial charge >= 0.3 is 0 Å². The Kier molecular flexibility index (Phi) is 4.38. The van der Waals surface area contributed by atoms with Crippen LogP contribution in [0.1, 0.15) is 32.9 Å². The lowest BCUT2D eigenvalue weighted by molar-refractivity contribution is 0.0948. The molecule has 144 valence electrons. The van der Waals surface area contributed by atoms with Crippen molar-refractivity contribution < 1.29 is 14.3 Å². The Morgan fingerprint density at radius 2 is 2.00 bits per heavy atom. The lowest BCUT2D eigenvalue weighted by atomic mass is 10.1. The number of carbonyl (C=O) groups excluding carboxylic acids is 1. The maximum atomic E-state index is 13.0. The van der Waals surface area contributed by atoms with Crippen LogP contribution in [-0.2, 0) is 6.54 Å². The van der Waals surface area contributed by atoms with E-state index in [0.29, 0.717) is 29.3 Å². The van der Waals surface area contributed by atoms with E-state index < -0.39 is 11.5 Å². The molecule has 1 aliphatic rings. The summed E-state index contributed by atoms with van der Waals surface area (Å²) in [7, 11) is 0. The molecule has 0 radical (unpaired) electrons. The minimum Gasteiger partial charge on any atom is -0.454 e. The molecule has 0 spiro atoms. The summed E-state index contributed by atoms with van der Waals surface area (Å²) < 4.78 is 12.1. The minimum atomic E-state index is -0.419. The average molecular weight is 380 g/mol. The number of hydrogen-bond donors (Lipinski definition) is 2. The van der Waals surface area contributed by atoms with Crippen molar-refractivity contribution in [3.05, 3.63) is 68.9 Å². The highest BCUT2D eigenvalue weighted by atomic mass is 16.7. The number of fused-ring (bicyclic) bond motifs is 1. The molecule has 3 aromatic rings. The second-order valence-corrected chi connectivity index (χ2v) is 6.68. The predicted octanol–water partition coefficient (Wildman–Crippen LogP) is 2.14. The Bertz CT molecular complexity index is 1110. The van der Waals surface area contributed by atoms with Crippen LogP contribution in [0.2, 0.25) is 0 Å². The molecule has 0 unspecified atom stereocenters. The van der Waals surface area contributed by atoms with Gasteiger partial charge in [-0.25, -0.2) is 0 Å².